The molecule has 0 bridgehead atoms. The molecule has 1 amide bonds. The third kappa shape index (κ3) is 3.80. The first-order valence-electron chi connectivity index (χ1n) is 4.63. The van der Waals surface area contributed by atoms with E-state index in [1.807, 2.05) is 0 Å². The van der Waals surface area contributed by atoms with Crippen molar-refractivity contribution in [2.45, 2.75) is 38.1 Å². The minimum atomic E-state index is -0.162. The molecule has 5 nitrogen and oxygen atoms in total. The van der Waals surface area contributed by atoms with E-state index in [9.17, 15) is 4.79 Å². The first-order chi connectivity index (χ1) is 6.33. The molecule has 72 valence electrons. The molecule has 0 aromatic rings. The maximum absolute atomic E-state index is 11.1. The Morgan fingerprint density at radius 2 is 2.15 bits per heavy atom. The van der Waals surface area contributed by atoms with Crippen LogP contribution in [0.3, 0.4) is 0 Å². The highest BCUT2D eigenvalue weighted by atomic mass is 16.1. The third-order valence-electron chi connectivity index (χ3n) is 2.25. The molecule has 0 saturated heterocycles. The molecule has 0 radical (unpaired) electrons. The molecule has 5 heteroatoms. The number of nitrogens with one attached hydrogen (secondary N) is 1. The van der Waals surface area contributed by atoms with Gasteiger partial charge in [-0.15, -0.1) is 0 Å². The van der Waals surface area contributed by atoms with Gasteiger partial charge in [-0.1, -0.05) is 24.4 Å². The average Bonchev–Trinajstić information content (AvgIpc) is 2.16. The summed E-state index contributed by atoms with van der Waals surface area (Å²) >= 11 is 0. The summed E-state index contributed by atoms with van der Waals surface area (Å²) in [5.74, 6) is -0.162. The summed E-state index contributed by atoms with van der Waals surface area (Å²) in [7, 11) is 0. The predicted molar refractivity (Wildman–Crippen MR) is 49.0 cm³/mol. The highest BCUT2D eigenvalue weighted by Crippen LogP contribution is 2.17. The van der Waals surface area contributed by atoms with Gasteiger partial charge < -0.3 is 5.32 Å². The van der Waals surface area contributed by atoms with Crippen LogP contribution < -0.4 is 5.32 Å². The standard InChI is InChI=1S/C8H14N4O/c9-12-10-6-8(13)11-7-4-2-1-3-5-7/h7H,1-6H2,(H,11,13). The molecule has 1 rings (SSSR count). The molecule has 0 heterocycles. The van der Waals surface area contributed by atoms with Crippen molar-refractivity contribution in [3.8, 4) is 0 Å². The number of amides is 1. The van der Waals surface area contributed by atoms with Crippen LogP contribution in [0.2, 0.25) is 0 Å². The zero-order valence-electron chi connectivity index (χ0n) is 7.57. The molecular weight excluding hydrogens is 168 g/mol. The molecule has 13 heavy (non-hydrogen) atoms. The first-order valence-corrected chi connectivity index (χ1v) is 4.63. The number of nitrogens with zero attached hydrogens (tertiary/aromatic N) is 3. The Balaban J connectivity index is 2.21. The second-order valence-corrected chi connectivity index (χ2v) is 3.29. The van der Waals surface area contributed by atoms with Crippen LogP contribution in [-0.2, 0) is 4.79 Å². The summed E-state index contributed by atoms with van der Waals surface area (Å²) in [5.41, 5.74) is 8.00. The van der Waals surface area contributed by atoms with Crippen LogP contribution in [0.25, 0.3) is 10.4 Å². The molecule has 1 fully saturated rings. The van der Waals surface area contributed by atoms with Crippen molar-refractivity contribution in [3.05, 3.63) is 10.4 Å². The number of azide groups is 1. The van der Waals surface area contributed by atoms with Gasteiger partial charge >= 0.3 is 0 Å². The van der Waals surface area contributed by atoms with Gasteiger partial charge in [-0.3, -0.25) is 4.79 Å². The molecule has 0 unspecified atom stereocenters. The number of rotatable bonds is 3. The zero-order valence-corrected chi connectivity index (χ0v) is 7.57. The summed E-state index contributed by atoms with van der Waals surface area (Å²) in [6.07, 6.45) is 5.76. The van der Waals surface area contributed by atoms with Crippen LogP contribution in [0.1, 0.15) is 32.1 Å². The lowest BCUT2D eigenvalue weighted by Gasteiger charge is -2.22. The van der Waals surface area contributed by atoms with Gasteiger partial charge in [0, 0.05) is 11.0 Å². The van der Waals surface area contributed by atoms with E-state index in [4.69, 9.17) is 5.53 Å². The van der Waals surface area contributed by atoms with Gasteiger partial charge in [0.05, 0.1) is 0 Å². The fraction of sp³-hybridized carbons (Fsp3) is 0.875. The summed E-state index contributed by atoms with van der Waals surface area (Å²) < 4.78 is 0. The number of carbonyl (C=O) groups excluding carboxylic acids is 1. The maximum Gasteiger partial charge on any atom is 0.226 e. The number of carbonyl (C=O) groups is 1. The van der Waals surface area contributed by atoms with Gasteiger partial charge in [0.15, 0.2) is 0 Å². The van der Waals surface area contributed by atoms with E-state index >= 15 is 0 Å². The normalized spacial score (nSPS) is 17.5. The Labute approximate surface area is 77.1 Å². The van der Waals surface area contributed by atoms with Crippen LogP contribution >= 0.6 is 0 Å². The van der Waals surface area contributed by atoms with Crippen molar-refractivity contribution in [2.75, 3.05) is 6.54 Å². The SMILES string of the molecule is [N-]=[N+]=NCC(=O)NC1CCCCC1. The maximum atomic E-state index is 11.1. The van der Waals surface area contributed by atoms with Crippen molar-refractivity contribution < 1.29 is 4.79 Å². The van der Waals surface area contributed by atoms with Gasteiger partial charge in [-0.05, 0) is 18.4 Å². The Bertz CT molecular complexity index is 216. The number of hydrogen-bond acceptors (Lipinski definition) is 2. The van der Waals surface area contributed by atoms with Gasteiger partial charge in [0.1, 0.15) is 6.54 Å². The molecule has 0 atom stereocenters. The van der Waals surface area contributed by atoms with Crippen LogP contribution in [0, 0.1) is 0 Å². The molecule has 1 aliphatic carbocycles. The van der Waals surface area contributed by atoms with Gasteiger partial charge in [-0.25, -0.2) is 0 Å². The molecular formula is C8H14N4O. The molecule has 1 saturated carbocycles. The first kappa shape index (κ1) is 9.86. The molecule has 0 aromatic carbocycles. The minimum Gasteiger partial charge on any atom is -0.353 e. The van der Waals surface area contributed by atoms with E-state index in [0.29, 0.717) is 6.04 Å². The molecule has 0 aliphatic heterocycles. The van der Waals surface area contributed by atoms with Crippen LogP contribution in [0.15, 0.2) is 5.11 Å². The van der Waals surface area contributed by atoms with E-state index < -0.39 is 0 Å². The largest absolute Gasteiger partial charge is 0.353 e. The van der Waals surface area contributed by atoms with E-state index in [1.165, 1.54) is 19.3 Å². The predicted octanol–water partition coefficient (Wildman–Crippen LogP) is 1.75. The summed E-state index contributed by atoms with van der Waals surface area (Å²) in [6, 6.07) is 0.301. The van der Waals surface area contributed by atoms with Crippen molar-refractivity contribution >= 4 is 5.91 Å². The quantitative estimate of drug-likeness (QED) is 0.403. The smallest absolute Gasteiger partial charge is 0.226 e. The Kier molecular flexibility index (Phi) is 4.12. The van der Waals surface area contributed by atoms with Gasteiger partial charge in [0.25, 0.3) is 0 Å². The fourth-order valence-corrected chi connectivity index (χ4v) is 1.62. The van der Waals surface area contributed by atoms with Crippen LogP contribution in [0.5, 0.6) is 0 Å². The van der Waals surface area contributed by atoms with E-state index in [0.717, 1.165) is 12.8 Å². The zero-order chi connectivity index (χ0) is 9.52. The third-order valence-corrected chi connectivity index (χ3v) is 2.25. The molecule has 0 aromatic heterocycles. The van der Waals surface area contributed by atoms with E-state index in [-0.39, 0.29) is 12.5 Å². The summed E-state index contributed by atoms with van der Waals surface area (Å²) in [5, 5.41) is 6.06. The van der Waals surface area contributed by atoms with Crippen molar-refractivity contribution in [3.63, 3.8) is 0 Å². The lowest BCUT2D eigenvalue weighted by atomic mass is 9.95. The van der Waals surface area contributed by atoms with Gasteiger partial charge in [0.2, 0.25) is 5.91 Å². The van der Waals surface area contributed by atoms with Crippen LogP contribution in [0.4, 0.5) is 0 Å². The van der Waals surface area contributed by atoms with E-state index in [1.54, 1.807) is 0 Å². The Morgan fingerprint density at radius 1 is 1.46 bits per heavy atom. The summed E-state index contributed by atoms with van der Waals surface area (Å²) in [6.45, 7) is -0.0764. The Hall–Kier alpha value is -1.22. The average molecular weight is 182 g/mol. The number of hydrogen-bond donors (Lipinski definition) is 1. The van der Waals surface area contributed by atoms with Crippen molar-refractivity contribution in [1.82, 2.24) is 5.32 Å². The lowest BCUT2D eigenvalue weighted by Crippen LogP contribution is -2.37. The fourth-order valence-electron chi connectivity index (χ4n) is 1.62. The second-order valence-electron chi connectivity index (χ2n) is 3.29. The molecule has 1 N–H and O–H groups in total. The highest BCUT2D eigenvalue weighted by Gasteiger charge is 2.14. The molecule has 0 spiro atoms. The topological polar surface area (TPSA) is 77.9 Å². The van der Waals surface area contributed by atoms with Gasteiger partial charge in [-0.2, -0.15) is 0 Å². The van der Waals surface area contributed by atoms with E-state index in [2.05, 4.69) is 15.3 Å². The minimum absolute atomic E-state index is 0.0764. The van der Waals surface area contributed by atoms with Crippen molar-refractivity contribution in [1.29, 1.82) is 0 Å². The monoisotopic (exact) mass is 182 g/mol. The van der Waals surface area contributed by atoms with Crippen LogP contribution in [-0.4, -0.2) is 18.5 Å². The second kappa shape index (κ2) is 5.43. The highest BCUT2D eigenvalue weighted by molar-refractivity contribution is 5.78. The lowest BCUT2D eigenvalue weighted by molar-refractivity contribution is -0.120. The summed E-state index contributed by atoms with van der Waals surface area (Å²) in [4.78, 5) is 13.6. The Morgan fingerprint density at radius 3 is 2.77 bits per heavy atom. The van der Waals surface area contributed by atoms with Crippen molar-refractivity contribution in [2.24, 2.45) is 5.11 Å². The molecule has 1 aliphatic rings.